The van der Waals surface area contributed by atoms with Crippen molar-refractivity contribution in [3.63, 3.8) is 0 Å². The van der Waals surface area contributed by atoms with Gasteiger partial charge in [0.05, 0.1) is 5.69 Å². The first-order chi connectivity index (χ1) is 8.56. The monoisotopic (exact) mass is 262 g/mol. The fourth-order valence-electron chi connectivity index (χ4n) is 1.55. The summed E-state index contributed by atoms with van der Waals surface area (Å²) < 4.78 is 0. The van der Waals surface area contributed by atoms with E-state index in [0.717, 1.165) is 0 Å². The topological polar surface area (TPSA) is 77.9 Å². The van der Waals surface area contributed by atoms with Gasteiger partial charge in [0.2, 0.25) is 0 Å². The van der Waals surface area contributed by atoms with Gasteiger partial charge in [-0.2, -0.15) is 0 Å². The minimum Gasteiger partial charge on any atom is -0.530 e. The standard InChI is InChI=1S/C12H10ClN3O2/c1-7-6-10(13)16-11(14-7)8-4-2-3-5-9(8)15-12(17)18/h2-6,15H,1H3,(H,17,18)/p-1. The summed E-state index contributed by atoms with van der Waals surface area (Å²) in [5.41, 5.74) is 1.61. The number of hydrogen-bond acceptors (Lipinski definition) is 4. The number of carbonyl (C=O) groups is 1. The molecule has 0 aliphatic rings. The lowest BCUT2D eigenvalue weighted by Gasteiger charge is -2.11. The number of aryl methyl sites for hydroxylation is 1. The maximum Gasteiger partial charge on any atom is 0.163 e. The fraction of sp³-hybridized carbons (Fsp3) is 0.0833. The van der Waals surface area contributed by atoms with Crippen molar-refractivity contribution in [3.05, 3.63) is 41.2 Å². The second-order valence-corrected chi connectivity index (χ2v) is 4.00. The first-order valence-electron chi connectivity index (χ1n) is 5.15. The Hall–Kier alpha value is -2.14. The van der Waals surface area contributed by atoms with Crippen LogP contribution in [0.3, 0.4) is 0 Å². The van der Waals surface area contributed by atoms with Crippen molar-refractivity contribution in [1.82, 2.24) is 9.97 Å². The number of anilines is 1. The van der Waals surface area contributed by atoms with Gasteiger partial charge in [0.1, 0.15) is 11.2 Å². The number of hydrogen-bond donors (Lipinski definition) is 1. The highest BCUT2D eigenvalue weighted by molar-refractivity contribution is 6.29. The van der Waals surface area contributed by atoms with Gasteiger partial charge in [0, 0.05) is 11.3 Å². The summed E-state index contributed by atoms with van der Waals surface area (Å²) in [6, 6.07) is 8.39. The zero-order valence-corrected chi connectivity index (χ0v) is 10.2. The normalized spacial score (nSPS) is 10.1. The molecule has 0 spiro atoms. The van der Waals surface area contributed by atoms with Crippen LogP contribution in [0.4, 0.5) is 10.5 Å². The van der Waals surface area contributed by atoms with Crippen molar-refractivity contribution in [1.29, 1.82) is 0 Å². The van der Waals surface area contributed by atoms with Crippen molar-refractivity contribution in [2.75, 3.05) is 5.32 Å². The highest BCUT2D eigenvalue weighted by atomic mass is 35.5. The van der Waals surface area contributed by atoms with E-state index < -0.39 is 6.09 Å². The third kappa shape index (κ3) is 2.75. The average molecular weight is 263 g/mol. The number of carboxylic acid groups (broad SMARTS) is 1. The Bertz CT molecular complexity index is 581. The lowest BCUT2D eigenvalue weighted by Crippen LogP contribution is -2.29. The van der Waals surface area contributed by atoms with Gasteiger partial charge in [-0.05, 0) is 25.1 Å². The summed E-state index contributed by atoms with van der Waals surface area (Å²) in [4.78, 5) is 18.9. The molecule has 0 saturated heterocycles. The lowest BCUT2D eigenvalue weighted by molar-refractivity contribution is -0.242. The molecule has 0 aliphatic carbocycles. The lowest BCUT2D eigenvalue weighted by atomic mass is 10.1. The zero-order chi connectivity index (χ0) is 13.1. The van der Waals surface area contributed by atoms with E-state index in [1.807, 2.05) is 0 Å². The van der Waals surface area contributed by atoms with Crippen LogP contribution in [0.25, 0.3) is 11.4 Å². The molecule has 1 aromatic heterocycles. The molecule has 92 valence electrons. The van der Waals surface area contributed by atoms with Gasteiger partial charge in [-0.3, -0.25) is 0 Å². The van der Waals surface area contributed by atoms with Crippen LogP contribution in [0.15, 0.2) is 30.3 Å². The molecule has 0 fully saturated rings. The van der Waals surface area contributed by atoms with Crippen LogP contribution in [-0.4, -0.2) is 16.1 Å². The number of amides is 1. The van der Waals surface area contributed by atoms with E-state index in [2.05, 4.69) is 15.3 Å². The first-order valence-corrected chi connectivity index (χ1v) is 5.52. The number of nitrogens with one attached hydrogen (secondary N) is 1. The molecule has 0 bridgehead atoms. The number of aromatic nitrogens is 2. The Morgan fingerprint density at radius 1 is 1.33 bits per heavy atom. The van der Waals surface area contributed by atoms with E-state index in [0.29, 0.717) is 27.9 Å². The van der Waals surface area contributed by atoms with Crippen molar-refractivity contribution in [3.8, 4) is 11.4 Å². The SMILES string of the molecule is Cc1cc(Cl)nc(-c2ccccc2NC(=O)[O-])n1. The molecule has 0 aliphatic heterocycles. The van der Waals surface area contributed by atoms with Crippen LogP contribution in [0.2, 0.25) is 5.15 Å². The van der Waals surface area contributed by atoms with Crippen LogP contribution in [0.5, 0.6) is 0 Å². The van der Waals surface area contributed by atoms with E-state index in [1.54, 1.807) is 37.3 Å². The van der Waals surface area contributed by atoms with E-state index in [9.17, 15) is 9.90 Å². The molecule has 2 aromatic rings. The largest absolute Gasteiger partial charge is 0.530 e. The van der Waals surface area contributed by atoms with E-state index in [1.165, 1.54) is 0 Å². The third-order valence-electron chi connectivity index (χ3n) is 2.23. The maximum atomic E-state index is 10.6. The molecule has 1 heterocycles. The van der Waals surface area contributed by atoms with E-state index >= 15 is 0 Å². The molecule has 18 heavy (non-hydrogen) atoms. The summed E-state index contributed by atoms with van der Waals surface area (Å²) in [7, 11) is 0. The molecule has 0 radical (unpaired) electrons. The molecule has 0 atom stereocenters. The molecule has 1 aromatic carbocycles. The molecule has 6 heteroatoms. The Morgan fingerprint density at radius 3 is 2.72 bits per heavy atom. The molecular weight excluding hydrogens is 254 g/mol. The van der Waals surface area contributed by atoms with Gasteiger partial charge in [0.25, 0.3) is 0 Å². The van der Waals surface area contributed by atoms with E-state index in [4.69, 9.17) is 11.6 Å². The summed E-state index contributed by atoms with van der Waals surface area (Å²) in [6.45, 7) is 1.78. The summed E-state index contributed by atoms with van der Waals surface area (Å²) in [6.07, 6.45) is -1.39. The summed E-state index contributed by atoms with van der Waals surface area (Å²) >= 11 is 5.86. The summed E-state index contributed by atoms with van der Waals surface area (Å²) in [5.74, 6) is 0.365. The Morgan fingerprint density at radius 2 is 2.06 bits per heavy atom. The second kappa shape index (κ2) is 5.01. The van der Waals surface area contributed by atoms with Gasteiger partial charge in [-0.1, -0.05) is 23.7 Å². The highest BCUT2D eigenvalue weighted by Crippen LogP contribution is 2.25. The Kier molecular flexibility index (Phi) is 3.43. The quantitative estimate of drug-likeness (QED) is 0.838. The molecular formula is C12H9ClN3O2-. The molecule has 1 N–H and O–H groups in total. The van der Waals surface area contributed by atoms with Crippen molar-refractivity contribution in [2.24, 2.45) is 0 Å². The van der Waals surface area contributed by atoms with E-state index in [-0.39, 0.29) is 0 Å². The summed E-state index contributed by atoms with van der Waals surface area (Å²) in [5, 5.41) is 13.1. The molecule has 0 unspecified atom stereocenters. The minimum atomic E-state index is -1.39. The van der Waals surface area contributed by atoms with Gasteiger partial charge >= 0.3 is 0 Å². The van der Waals surface area contributed by atoms with Crippen molar-refractivity contribution in [2.45, 2.75) is 6.92 Å². The van der Waals surface area contributed by atoms with Gasteiger partial charge in [-0.15, -0.1) is 0 Å². The van der Waals surface area contributed by atoms with Gasteiger partial charge in [-0.25, -0.2) is 9.97 Å². The number of halogens is 1. The first kappa shape index (κ1) is 12.3. The molecule has 1 amide bonds. The predicted molar refractivity (Wildman–Crippen MR) is 66.2 cm³/mol. The second-order valence-electron chi connectivity index (χ2n) is 3.61. The molecule has 0 saturated carbocycles. The Balaban J connectivity index is 2.52. The average Bonchev–Trinajstić information content (AvgIpc) is 2.27. The number of benzene rings is 1. The van der Waals surface area contributed by atoms with Crippen LogP contribution in [0, 0.1) is 6.92 Å². The van der Waals surface area contributed by atoms with Crippen LogP contribution in [0.1, 0.15) is 5.69 Å². The van der Waals surface area contributed by atoms with Crippen LogP contribution < -0.4 is 10.4 Å². The minimum absolute atomic E-state index is 0.306. The van der Waals surface area contributed by atoms with Crippen molar-refractivity contribution < 1.29 is 9.90 Å². The van der Waals surface area contributed by atoms with Crippen LogP contribution >= 0.6 is 11.6 Å². The number of carbonyl (C=O) groups excluding carboxylic acids is 1. The fourth-order valence-corrected chi connectivity index (χ4v) is 1.79. The predicted octanol–water partition coefficient (Wildman–Crippen LogP) is 1.86. The van der Waals surface area contributed by atoms with Gasteiger partial charge in [0.15, 0.2) is 5.82 Å². The van der Waals surface area contributed by atoms with Crippen LogP contribution in [-0.2, 0) is 0 Å². The number of nitrogens with zero attached hydrogens (tertiary/aromatic N) is 2. The Labute approximate surface area is 108 Å². The highest BCUT2D eigenvalue weighted by Gasteiger charge is 2.08. The zero-order valence-electron chi connectivity index (χ0n) is 9.48. The molecule has 5 nitrogen and oxygen atoms in total. The smallest absolute Gasteiger partial charge is 0.163 e. The van der Waals surface area contributed by atoms with Gasteiger partial charge < -0.3 is 15.2 Å². The number of para-hydroxylation sites is 1. The maximum absolute atomic E-state index is 10.6. The third-order valence-corrected chi connectivity index (χ3v) is 2.42. The van der Waals surface area contributed by atoms with Crippen molar-refractivity contribution >= 4 is 23.4 Å². The molecule has 2 rings (SSSR count). The number of rotatable bonds is 2.